The molecule has 1 amide bonds. The Labute approximate surface area is 154 Å². The van der Waals surface area contributed by atoms with E-state index in [2.05, 4.69) is 4.72 Å². The molecule has 1 aromatic carbocycles. The lowest BCUT2D eigenvalue weighted by molar-refractivity contribution is 0.0785. The lowest BCUT2D eigenvalue weighted by Crippen LogP contribution is -2.25. The number of benzene rings is 1. The van der Waals surface area contributed by atoms with Crippen molar-refractivity contribution in [3.63, 3.8) is 0 Å². The second kappa shape index (κ2) is 7.38. The number of hydrogen-bond acceptors (Lipinski definition) is 5. The van der Waals surface area contributed by atoms with E-state index in [1.54, 1.807) is 65.1 Å². The fourth-order valence-electron chi connectivity index (χ4n) is 2.25. The third kappa shape index (κ3) is 4.28. The Morgan fingerprint density at radius 3 is 2.48 bits per heavy atom. The Hall–Kier alpha value is -2.16. The van der Waals surface area contributed by atoms with Crippen molar-refractivity contribution in [2.75, 3.05) is 11.8 Å². The molecule has 0 saturated heterocycles. The van der Waals surface area contributed by atoms with Gasteiger partial charge in [-0.2, -0.15) is 11.3 Å². The monoisotopic (exact) mass is 392 g/mol. The number of nitrogens with one attached hydrogen (secondary N) is 1. The van der Waals surface area contributed by atoms with Gasteiger partial charge in [0.05, 0.1) is 0 Å². The van der Waals surface area contributed by atoms with Gasteiger partial charge in [-0.15, -0.1) is 11.3 Å². The highest BCUT2D eigenvalue weighted by Crippen LogP contribution is 2.21. The molecule has 0 bridgehead atoms. The Balaban J connectivity index is 1.68. The lowest BCUT2D eigenvalue weighted by atomic mass is 10.2. The minimum absolute atomic E-state index is 0.112. The topological polar surface area (TPSA) is 66.5 Å². The third-order valence-electron chi connectivity index (χ3n) is 3.49. The van der Waals surface area contributed by atoms with Gasteiger partial charge < -0.3 is 4.90 Å². The van der Waals surface area contributed by atoms with Gasteiger partial charge in [0.15, 0.2) is 0 Å². The van der Waals surface area contributed by atoms with E-state index < -0.39 is 10.0 Å². The van der Waals surface area contributed by atoms with Gasteiger partial charge in [-0.25, -0.2) is 8.42 Å². The number of sulfonamides is 1. The minimum Gasteiger partial charge on any atom is -0.337 e. The molecule has 0 aliphatic carbocycles. The summed E-state index contributed by atoms with van der Waals surface area (Å²) in [6.07, 6.45) is 0. The van der Waals surface area contributed by atoms with Crippen LogP contribution in [-0.2, 0) is 16.6 Å². The van der Waals surface area contributed by atoms with Crippen LogP contribution in [0.4, 0.5) is 5.69 Å². The highest BCUT2D eigenvalue weighted by Gasteiger charge is 2.16. The average Bonchev–Trinajstić information content (AvgIpc) is 3.28. The predicted octanol–water partition coefficient (Wildman–Crippen LogP) is 3.88. The van der Waals surface area contributed by atoms with Gasteiger partial charge >= 0.3 is 0 Å². The van der Waals surface area contributed by atoms with Crippen LogP contribution >= 0.6 is 22.7 Å². The molecule has 130 valence electrons. The number of anilines is 1. The van der Waals surface area contributed by atoms with E-state index in [9.17, 15) is 13.2 Å². The summed E-state index contributed by atoms with van der Waals surface area (Å²) in [5.41, 5.74) is 2.02. The smallest absolute Gasteiger partial charge is 0.271 e. The molecule has 3 rings (SSSR count). The molecule has 5 nitrogen and oxygen atoms in total. The van der Waals surface area contributed by atoms with Crippen molar-refractivity contribution in [1.82, 2.24) is 4.90 Å². The van der Waals surface area contributed by atoms with E-state index in [0.29, 0.717) is 17.8 Å². The zero-order valence-corrected chi connectivity index (χ0v) is 15.8. The van der Waals surface area contributed by atoms with Crippen molar-refractivity contribution >= 4 is 44.3 Å². The Morgan fingerprint density at radius 2 is 1.88 bits per heavy atom. The standard InChI is InChI=1S/C17H16N2O3S3/c1-19(11-13-8-10-23-12-13)17(20)14-4-6-15(7-5-14)18-25(21,22)16-3-2-9-24-16/h2-10,12,18H,11H2,1H3. The lowest BCUT2D eigenvalue weighted by Gasteiger charge is -2.16. The molecule has 0 aliphatic heterocycles. The average molecular weight is 393 g/mol. The number of carbonyl (C=O) groups is 1. The molecule has 0 radical (unpaired) electrons. The first-order valence-corrected chi connectivity index (χ1v) is 10.7. The molecule has 2 aromatic heterocycles. The molecule has 0 aliphatic rings. The summed E-state index contributed by atoms with van der Waals surface area (Å²) in [6.45, 7) is 0.537. The fourth-order valence-corrected chi connectivity index (χ4v) is 4.96. The van der Waals surface area contributed by atoms with E-state index in [0.717, 1.165) is 16.9 Å². The SMILES string of the molecule is CN(Cc1ccsc1)C(=O)c1ccc(NS(=O)(=O)c2cccs2)cc1. The van der Waals surface area contributed by atoms with Crippen LogP contribution in [0.25, 0.3) is 0 Å². The molecule has 0 unspecified atom stereocenters. The van der Waals surface area contributed by atoms with Crippen LogP contribution in [0.5, 0.6) is 0 Å². The summed E-state index contributed by atoms with van der Waals surface area (Å²) in [5, 5.41) is 5.69. The summed E-state index contributed by atoms with van der Waals surface area (Å²) in [4.78, 5) is 14.1. The molecule has 0 atom stereocenters. The van der Waals surface area contributed by atoms with Crippen LogP contribution in [0.2, 0.25) is 0 Å². The quantitative estimate of drug-likeness (QED) is 0.692. The molecule has 1 N–H and O–H groups in total. The van der Waals surface area contributed by atoms with Crippen molar-refractivity contribution < 1.29 is 13.2 Å². The minimum atomic E-state index is -3.58. The molecule has 2 heterocycles. The van der Waals surface area contributed by atoms with Gasteiger partial charge in [0.2, 0.25) is 0 Å². The molecule has 8 heteroatoms. The highest BCUT2D eigenvalue weighted by molar-refractivity contribution is 7.94. The predicted molar refractivity (Wildman–Crippen MR) is 102 cm³/mol. The normalized spacial score (nSPS) is 11.2. The van der Waals surface area contributed by atoms with Crippen LogP contribution in [0, 0.1) is 0 Å². The van der Waals surface area contributed by atoms with E-state index >= 15 is 0 Å². The molecular weight excluding hydrogens is 376 g/mol. The van der Waals surface area contributed by atoms with E-state index in [-0.39, 0.29) is 10.1 Å². The third-order valence-corrected chi connectivity index (χ3v) is 7.00. The maximum Gasteiger partial charge on any atom is 0.271 e. The highest BCUT2D eigenvalue weighted by atomic mass is 32.2. The van der Waals surface area contributed by atoms with Crippen LogP contribution < -0.4 is 4.72 Å². The van der Waals surface area contributed by atoms with Crippen molar-refractivity contribution in [3.05, 3.63) is 69.7 Å². The van der Waals surface area contributed by atoms with Crippen LogP contribution in [0.15, 0.2) is 62.8 Å². The first kappa shape index (κ1) is 17.7. The van der Waals surface area contributed by atoms with Gasteiger partial charge in [-0.05, 0) is 58.1 Å². The fraction of sp³-hybridized carbons (Fsp3) is 0.118. The van der Waals surface area contributed by atoms with Gasteiger partial charge in [-0.1, -0.05) is 6.07 Å². The summed E-state index contributed by atoms with van der Waals surface area (Å²) in [7, 11) is -1.84. The molecule has 0 fully saturated rings. The summed E-state index contributed by atoms with van der Waals surface area (Å²) in [6, 6.07) is 11.6. The van der Waals surface area contributed by atoms with Gasteiger partial charge in [0, 0.05) is 24.8 Å². The number of thiophene rings is 2. The number of nitrogens with zero attached hydrogens (tertiary/aromatic N) is 1. The largest absolute Gasteiger partial charge is 0.337 e. The summed E-state index contributed by atoms with van der Waals surface area (Å²) < 4.78 is 27.1. The molecule has 3 aromatic rings. The van der Waals surface area contributed by atoms with E-state index in [4.69, 9.17) is 0 Å². The van der Waals surface area contributed by atoms with Crippen LogP contribution in [-0.4, -0.2) is 26.3 Å². The number of amides is 1. The maximum atomic E-state index is 12.4. The second-order valence-electron chi connectivity index (χ2n) is 5.41. The number of hydrogen-bond donors (Lipinski definition) is 1. The summed E-state index contributed by atoms with van der Waals surface area (Å²) >= 11 is 2.75. The van der Waals surface area contributed by atoms with Crippen molar-refractivity contribution in [2.45, 2.75) is 10.8 Å². The first-order chi connectivity index (χ1) is 12.0. The second-order valence-corrected chi connectivity index (χ2v) is 9.04. The Morgan fingerprint density at radius 1 is 1.12 bits per heavy atom. The molecule has 0 spiro atoms. The van der Waals surface area contributed by atoms with Crippen molar-refractivity contribution in [2.24, 2.45) is 0 Å². The van der Waals surface area contributed by atoms with E-state index in [1.165, 1.54) is 0 Å². The zero-order valence-electron chi connectivity index (χ0n) is 13.4. The number of rotatable bonds is 6. The van der Waals surface area contributed by atoms with Gasteiger partial charge in [-0.3, -0.25) is 9.52 Å². The van der Waals surface area contributed by atoms with E-state index in [1.807, 2.05) is 16.8 Å². The Kier molecular flexibility index (Phi) is 5.22. The van der Waals surface area contributed by atoms with Crippen LogP contribution in [0.3, 0.4) is 0 Å². The van der Waals surface area contributed by atoms with Gasteiger partial charge in [0.25, 0.3) is 15.9 Å². The molecule has 0 saturated carbocycles. The van der Waals surface area contributed by atoms with Crippen molar-refractivity contribution in [3.8, 4) is 0 Å². The first-order valence-electron chi connectivity index (χ1n) is 7.38. The zero-order chi connectivity index (χ0) is 17.9. The Bertz CT molecular complexity index is 932. The molecular formula is C17H16N2O3S3. The number of carbonyl (C=O) groups excluding carboxylic acids is 1. The van der Waals surface area contributed by atoms with Crippen molar-refractivity contribution in [1.29, 1.82) is 0 Å². The maximum absolute atomic E-state index is 12.4. The molecule has 25 heavy (non-hydrogen) atoms. The summed E-state index contributed by atoms with van der Waals surface area (Å²) in [5.74, 6) is -0.112. The van der Waals surface area contributed by atoms with Crippen LogP contribution in [0.1, 0.15) is 15.9 Å². The van der Waals surface area contributed by atoms with Gasteiger partial charge in [0.1, 0.15) is 4.21 Å².